The van der Waals surface area contributed by atoms with Crippen molar-refractivity contribution in [2.45, 2.75) is 62.5 Å². The number of amides is 1. The molecule has 2 aromatic carbocycles. The summed E-state index contributed by atoms with van der Waals surface area (Å²) in [6.45, 7) is 0.566. The molecule has 2 heterocycles. The van der Waals surface area contributed by atoms with E-state index in [2.05, 4.69) is 15.5 Å². The Morgan fingerprint density at radius 2 is 1.90 bits per heavy atom. The molecule has 1 amide bonds. The molecule has 12 heteroatoms. The summed E-state index contributed by atoms with van der Waals surface area (Å²) in [6, 6.07) is 8.49. The van der Waals surface area contributed by atoms with Crippen LogP contribution < -0.4 is 10.2 Å². The molecular weight excluding hydrogens is 536 g/mol. The first-order valence-electron chi connectivity index (χ1n) is 13.1. The summed E-state index contributed by atoms with van der Waals surface area (Å²) < 4.78 is 87.8. The summed E-state index contributed by atoms with van der Waals surface area (Å²) in [6.07, 6.45) is -4.67. The Morgan fingerprint density at radius 3 is 2.52 bits per heavy atom. The third kappa shape index (κ3) is 4.65. The van der Waals surface area contributed by atoms with Gasteiger partial charge in [0.05, 0.1) is 12.1 Å². The van der Waals surface area contributed by atoms with Crippen LogP contribution in [0.1, 0.15) is 70.3 Å². The molecule has 6 nitrogen and oxygen atoms in total. The standard InChI is InChI=1S/C28H27F6N5O/c1-38-15-36-37-24(38)23(29)26(13-27(30,31)14-26)18-3-2-4-19(9-18)39-12-21-20(25(39)40)7-17(8-22(21)28(32,33)34)11-35-10-16-5-6-16/h2-4,7-9,15-16,23,35H,5-6,10-14H2,1H3/t23-/m1/s1. The molecule has 2 saturated carbocycles. The number of benzene rings is 2. The van der Waals surface area contributed by atoms with Gasteiger partial charge in [-0.25, -0.2) is 13.2 Å². The van der Waals surface area contributed by atoms with E-state index in [0.29, 0.717) is 18.0 Å². The molecule has 0 unspecified atom stereocenters. The quantitative estimate of drug-likeness (QED) is 0.348. The van der Waals surface area contributed by atoms with Crippen LogP contribution in [-0.4, -0.2) is 33.1 Å². The normalized spacial score (nSPS) is 20.4. The Kier molecular flexibility index (Phi) is 6.24. The highest BCUT2D eigenvalue weighted by Gasteiger charge is 2.62. The number of aryl methyl sites for hydroxylation is 1. The van der Waals surface area contributed by atoms with Gasteiger partial charge in [-0.05, 0) is 66.3 Å². The van der Waals surface area contributed by atoms with Crippen molar-refractivity contribution in [3.8, 4) is 0 Å². The van der Waals surface area contributed by atoms with Gasteiger partial charge in [-0.15, -0.1) is 10.2 Å². The number of anilines is 1. The summed E-state index contributed by atoms with van der Waals surface area (Å²) in [5.74, 6) is -3.29. The fourth-order valence-corrected chi connectivity index (χ4v) is 5.93. The number of halogens is 6. The molecule has 0 spiro atoms. The minimum absolute atomic E-state index is 0.0456. The lowest BCUT2D eigenvalue weighted by Crippen LogP contribution is -2.52. The van der Waals surface area contributed by atoms with E-state index in [1.54, 1.807) is 0 Å². The molecule has 1 aromatic heterocycles. The smallest absolute Gasteiger partial charge is 0.318 e. The molecule has 1 atom stereocenters. The Bertz CT molecular complexity index is 1460. The van der Waals surface area contributed by atoms with Crippen LogP contribution in [0.5, 0.6) is 0 Å². The van der Waals surface area contributed by atoms with Gasteiger partial charge >= 0.3 is 6.18 Å². The number of carbonyl (C=O) groups excluding carboxylic acids is 1. The number of hydrogen-bond donors (Lipinski definition) is 1. The average molecular weight is 564 g/mol. The zero-order valence-corrected chi connectivity index (χ0v) is 21.6. The fraction of sp³-hybridized carbons (Fsp3) is 0.464. The number of hydrogen-bond acceptors (Lipinski definition) is 4. The highest BCUT2D eigenvalue weighted by molar-refractivity contribution is 6.10. The zero-order chi connectivity index (χ0) is 28.4. The van der Waals surface area contributed by atoms with Gasteiger partial charge in [-0.3, -0.25) is 4.79 Å². The first kappa shape index (κ1) is 26.8. The molecule has 1 aliphatic heterocycles. The number of rotatable bonds is 8. The average Bonchev–Trinajstić information content (AvgIpc) is 3.51. The van der Waals surface area contributed by atoms with Gasteiger partial charge in [0, 0.05) is 43.1 Å². The van der Waals surface area contributed by atoms with Crippen LogP contribution >= 0.6 is 0 Å². The lowest BCUT2D eigenvalue weighted by Gasteiger charge is -2.49. The number of nitrogens with zero attached hydrogens (tertiary/aromatic N) is 4. The van der Waals surface area contributed by atoms with E-state index in [1.807, 2.05) is 0 Å². The highest BCUT2D eigenvalue weighted by Crippen LogP contribution is 2.60. The number of carbonyl (C=O) groups is 1. The van der Waals surface area contributed by atoms with Crippen molar-refractivity contribution < 1.29 is 31.1 Å². The maximum Gasteiger partial charge on any atom is 0.416 e. The maximum absolute atomic E-state index is 15.9. The van der Waals surface area contributed by atoms with Gasteiger partial charge in [0.2, 0.25) is 5.92 Å². The summed E-state index contributed by atoms with van der Waals surface area (Å²) in [7, 11) is 1.51. The minimum Gasteiger partial charge on any atom is -0.318 e. The lowest BCUT2D eigenvalue weighted by molar-refractivity contribution is -0.151. The summed E-state index contributed by atoms with van der Waals surface area (Å²) >= 11 is 0. The number of aromatic nitrogens is 3. The molecule has 0 radical (unpaired) electrons. The van der Waals surface area contributed by atoms with Crippen LogP contribution in [0.3, 0.4) is 0 Å². The van der Waals surface area contributed by atoms with Gasteiger partial charge in [-0.2, -0.15) is 13.2 Å². The number of fused-ring (bicyclic) bond motifs is 1. The Hall–Kier alpha value is -3.41. The first-order valence-corrected chi connectivity index (χ1v) is 13.1. The van der Waals surface area contributed by atoms with Gasteiger partial charge in [0.1, 0.15) is 6.33 Å². The van der Waals surface area contributed by atoms with E-state index in [1.165, 1.54) is 53.2 Å². The van der Waals surface area contributed by atoms with Crippen LogP contribution in [-0.2, 0) is 31.7 Å². The second kappa shape index (κ2) is 9.32. The molecule has 0 bridgehead atoms. The van der Waals surface area contributed by atoms with Crippen LogP contribution in [0.4, 0.5) is 32.0 Å². The summed E-state index contributed by atoms with van der Waals surface area (Å²) in [5.41, 5.74) is -1.90. The first-order chi connectivity index (χ1) is 18.9. The van der Waals surface area contributed by atoms with E-state index >= 15 is 4.39 Å². The molecule has 2 fully saturated rings. The van der Waals surface area contributed by atoms with Crippen molar-refractivity contribution in [2.24, 2.45) is 13.0 Å². The molecule has 40 heavy (non-hydrogen) atoms. The Balaban J connectivity index is 1.33. The maximum atomic E-state index is 15.9. The predicted octanol–water partition coefficient (Wildman–Crippen LogP) is 5.87. The summed E-state index contributed by atoms with van der Waals surface area (Å²) in [5, 5.41) is 10.6. The summed E-state index contributed by atoms with van der Waals surface area (Å²) in [4.78, 5) is 14.6. The van der Waals surface area contributed by atoms with Crippen molar-refractivity contribution in [3.63, 3.8) is 0 Å². The largest absolute Gasteiger partial charge is 0.416 e. The lowest BCUT2D eigenvalue weighted by atomic mass is 9.59. The topological polar surface area (TPSA) is 63.1 Å². The molecule has 6 rings (SSSR count). The van der Waals surface area contributed by atoms with Crippen molar-refractivity contribution >= 4 is 11.6 Å². The van der Waals surface area contributed by atoms with Crippen LogP contribution in [0.2, 0.25) is 0 Å². The van der Waals surface area contributed by atoms with E-state index in [-0.39, 0.29) is 41.3 Å². The van der Waals surface area contributed by atoms with Gasteiger partial charge in [-0.1, -0.05) is 12.1 Å². The third-order valence-corrected chi connectivity index (χ3v) is 8.21. The SMILES string of the molecule is Cn1cnnc1[C@@H](F)C1(c2cccc(N3Cc4c(cc(CNCC5CC5)cc4C(F)(F)F)C3=O)c2)CC(F)(F)C1. The molecular formula is C28H27F6N5O. The zero-order valence-electron chi connectivity index (χ0n) is 21.6. The van der Waals surface area contributed by atoms with Gasteiger partial charge in [0.15, 0.2) is 12.0 Å². The molecule has 2 aliphatic carbocycles. The Morgan fingerprint density at radius 1 is 1.15 bits per heavy atom. The molecule has 3 aromatic rings. The highest BCUT2D eigenvalue weighted by atomic mass is 19.4. The van der Waals surface area contributed by atoms with Crippen molar-refractivity contribution in [3.05, 3.63) is 76.4 Å². The van der Waals surface area contributed by atoms with Crippen molar-refractivity contribution in [1.29, 1.82) is 0 Å². The van der Waals surface area contributed by atoms with Crippen molar-refractivity contribution in [1.82, 2.24) is 20.1 Å². The van der Waals surface area contributed by atoms with Crippen LogP contribution in [0.25, 0.3) is 0 Å². The van der Waals surface area contributed by atoms with E-state index in [0.717, 1.165) is 18.9 Å². The predicted molar refractivity (Wildman–Crippen MR) is 134 cm³/mol. The second-order valence-corrected chi connectivity index (χ2v) is 11.2. The number of alkyl halides is 6. The monoisotopic (exact) mass is 563 g/mol. The molecule has 212 valence electrons. The van der Waals surface area contributed by atoms with E-state index in [4.69, 9.17) is 0 Å². The minimum atomic E-state index is -4.67. The van der Waals surface area contributed by atoms with Crippen LogP contribution in [0, 0.1) is 5.92 Å². The van der Waals surface area contributed by atoms with Crippen molar-refractivity contribution in [2.75, 3.05) is 11.4 Å². The van der Waals surface area contributed by atoms with Gasteiger partial charge < -0.3 is 14.8 Å². The molecule has 3 aliphatic rings. The van der Waals surface area contributed by atoms with Gasteiger partial charge in [0.25, 0.3) is 5.91 Å². The molecule has 0 saturated heterocycles. The van der Waals surface area contributed by atoms with E-state index < -0.39 is 48.0 Å². The van der Waals surface area contributed by atoms with Crippen LogP contribution in [0.15, 0.2) is 42.7 Å². The third-order valence-electron chi connectivity index (χ3n) is 8.21. The second-order valence-electron chi connectivity index (χ2n) is 11.2. The fourth-order valence-electron chi connectivity index (χ4n) is 5.93. The number of nitrogens with one attached hydrogen (secondary N) is 1. The molecule has 1 N–H and O–H groups in total. The van der Waals surface area contributed by atoms with E-state index in [9.17, 15) is 26.7 Å². The Labute approximate surface area is 226 Å².